The van der Waals surface area contributed by atoms with Gasteiger partial charge in [-0.1, -0.05) is 24.3 Å². The van der Waals surface area contributed by atoms with Crippen molar-refractivity contribution in [2.45, 2.75) is 17.4 Å². The molecule has 3 aromatic carbocycles. The van der Waals surface area contributed by atoms with Crippen molar-refractivity contribution in [2.24, 2.45) is 5.10 Å². The molecule has 0 aromatic heterocycles. The second kappa shape index (κ2) is 8.09. The third-order valence-corrected chi connectivity index (χ3v) is 5.70. The van der Waals surface area contributed by atoms with Crippen LogP contribution in [0.1, 0.15) is 33.9 Å². The molecule has 1 aliphatic heterocycles. The first kappa shape index (κ1) is 19.2. The third-order valence-electron chi connectivity index (χ3n) is 4.95. The van der Waals surface area contributed by atoms with E-state index >= 15 is 0 Å². The summed E-state index contributed by atoms with van der Waals surface area (Å²) in [5.41, 5.74) is 9.49. The minimum Gasteiger partial charge on any atom is -0.399 e. The summed E-state index contributed by atoms with van der Waals surface area (Å²) in [5, 5.41) is 6.16. The van der Waals surface area contributed by atoms with Gasteiger partial charge in [-0.25, -0.2) is 9.40 Å². The van der Waals surface area contributed by atoms with Crippen molar-refractivity contribution >= 4 is 29.1 Å². The summed E-state index contributed by atoms with van der Waals surface area (Å²) in [4.78, 5) is 14.4. The molecule has 0 saturated heterocycles. The van der Waals surface area contributed by atoms with Crippen LogP contribution in [0.2, 0.25) is 0 Å². The maximum atomic E-state index is 13.4. The third kappa shape index (κ3) is 4.03. The summed E-state index contributed by atoms with van der Waals surface area (Å²) < 4.78 is 13.4. The normalized spacial score (nSPS) is 16.0. The highest BCUT2D eigenvalue weighted by Gasteiger charge is 2.33. The topological polar surface area (TPSA) is 58.7 Å². The zero-order valence-electron chi connectivity index (χ0n) is 15.9. The lowest BCUT2D eigenvalue weighted by molar-refractivity contribution is 0.0711. The maximum Gasteiger partial charge on any atom is 0.274 e. The van der Waals surface area contributed by atoms with Crippen LogP contribution in [0.5, 0.6) is 0 Å². The molecule has 3 aromatic rings. The van der Waals surface area contributed by atoms with Crippen LogP contribution in [-0.4, -0.2) is 22.9 Å². The summed E-state index contributed by atoms with van der Waals surface area (Å²) >= 11 is 1.67. The first-order valence-corrected chi connectivity index (χ1v) is 10.4. The maximum absolute atomic E-state index is 13.4. The molecule has 6 heteroatoms. The smallest absolute Gasteiger partial charge is 0.274 e. The van der Waals surface area contributed by atoms with E-state index < -0.39 is 0 Å². The van der Waals surface area contributed by atoms with Crippen LogP contribution in [-0.2, 0) is 0 Å². The van der Waals surface area contributed by atoms with Gasteiger partial charge in [-0.3, -0.25) is 4.79 Å². The van der Waals surface area contributed by atoms with Crippen LogP contribution < -0.4 is 5.73 Å². The standard InChI is InChI=1S/C23H20FN3OS/c1-29-20-12-6-15(7-13-20)21-14-22(16-2-8-18(24)9-3-16)27(26-21)23(28)17-4-10-19(25)11-5-17/h2-13,22H,14,25H2,1H3. The van der Waals surface area contributed by atoms with Crippen molar-refractivity contribution < 1.29 is 9.18 Å². The van der Waals surface area contributed by atoms with Crippen LogP contribution >= 0.6 is 11.8 Å². The molecule has 29 heavy (non-hydrogen) atoms. The summed E-state index contributed by atoms with van der Waals surface area (Å²) in [6, 6.07) is 20.8. The van der Waals surface area contributed by atoms with E-state index in [9.17, 15) is 9.18 Å². The largest absolute Gasteiger partial charge is 0.399 e. The second-order valence-electron chi connectivity index (χ2n) is 6.82. The highest BCUT2D eigenvalue weighted by molar-refractivity contribution is 7.98. The zero-order valence-corrected chi connectivity index (χ0v) is 16.7. The molecule has 1 atom stereocenters. The van der Waals surface area contributed by atoms with E-state index in [0.717, 1.165) is 21.7 Å². The molecule has 2 N–H and O–H groups in total. The minimum atomic E-state index is -0.308. The van der Waals surface area contributed by atoms with Crippen LogP contribution in [0.15, 0.2) is 82.8 Å². The molecule has 0 aliphatic carbocycles. The lowest BCUT2D eigenvalue weighted by atomic mass is 9.98. The Morgan fingerprint density at radius 1 is 1.03 bits per heavy atom. The van der Waals surface area contributed by atoms with E-state index in [2.05, 4.69) is 5.10 Å². The number of amides is 1. The molecule has 1 aliphatic rings. The number of thioether (sulfide) groups is 1. The fourth-order valence-corrected chi connectivity index (χ4v) is 3.77. The first-order chi connectivity index (χ1) is 14.0. The number of nitrogens with two attached hydrogens (primary N) is 1. The number of hydrogen-bond donors (Lipinski definition) is 1. The van der Waals surface area contributed by atoms with Gasteiger partial charge in [0.1, 0.15) is 5.82 Å². The van der Waals surface area contributed by atoms with Gasteiger partial charge < -0.3 is 5.73 Å². The Hall–Kier alpha value is -3.12. The first-order valence-electron chi connectivity index (χ1n) is 9.21. The molecule has 1 heterocycles. The molecule has 0 saturated carbocycles. The predicted molar refractivity (Wildman–Crippen MR) is 116 cm³/mol. The molecule has 0 fully saturated rings. The Bertz CT molecular complexity index is 1050. The van der Waals surface area contributed by atoms with Gasteiger partial charge in [0.2, 0.25) is 0 Å². The van der Waals surface area contributed by atoms with E-state index in [-0.39, 0.29) is 17.8 Å². The molecule has 0 bridgehead atoms. The van der Waals surface area contributed by atoms with E-state index in [1.54, 1.807) is 48.2 Å². The molecular weight excluding hydrogens is 385 g/mol. The molecule has 1 amide bonds. The number of nitrogen functional groups attached to an aromatic ring is 1. The van der Waals surface area contributed by atoms with E-state index in [1.807, 2.05) is 30.5 Å². The number of halogens is 1. The van der Waals surface area contributed by atoms with Crippen LogP contribution in [0.25, 0.3) is 0 Å². The Kier molecular flexibility index (Phi) is 5.36. The molecule has 4 rings (SSSR count). The molecule has 0 spiro atoms. The van der Waals surface area contributed by atoms with Crippen molar-refractivity contribution in [3.63, 3.8) is 0 Å². The molecule has 4 nitrogen and oxygen atoms in total. The van der Waals surface area contributed by atoms with Crippen molar-refractivity contribution in [3.8, 4) is 0 Å². The Morgan fingerprint density at radius 3 is 2.31 bits per heavy atom. The summed E-state index contributed by atoms with van der Waals surface area (Å²) in [6.07, 6.45) is 2.59. The van der Waals surface area contributed by atoms with E-state index in [0.29, 0.717) is 17.7 Å². The van der Waals surface area contributed by atoms with Gasteiger partial charge in [0.25, 0.3) is 5.91 Å². The molecule has 146 valence electrons. The number of hydrogen-bond acceptors (Lipinski definition) is 4. The molecule has 1 unspecified atom stereocenters. The fraction of sp³-hybridized carbons (Fsp3) is 0.130. The SMILES string of the molecule is CSc1ccc(C2=NN(C(=O)c3ccc(N)cc3)C(c3ccc(F)cc3)C2)cc1. The predicted octanol–water partition coefficient (Wildman–Crippen LogP) is 5.12. The quantitative estimate of drug-likeness (QED) is 0.484. The number of hydrazone groups is 1. The van der Waals surface area contributed by atoms with Gasteiger partial charge >= 0.3 is 0 Å². The van der Waals surface area contributed by atoms with Gasteiger partial charge in [0.05, 0.1) is 11.8 Å². The average Bonchev–Trinajstić information content (AvgIpc) is 3.20. The van der Waals surface area contributed by atoms with Crippen molar-refractivity contribution in [1.82, 2.24) is 5.01 Å². The highest BCUT2D eigenvalue weighted by atomic mass is 32.2. The average molecular weight is 405 g/mol. The number of anilines is 1. The number of nitrogens with zero attached hydrogens (tertiary/aromatic N) is 2. The van der Waals surface area contributed by atoms with Gasteiger partial charge in [0, 0.05) is 22.6 Å². The summed E-state index contributed by atoms with van der Waals surface area (Å²) in [6.45, 7) is 0. The van der Waals surface area contributed by atoms with Crippen LogP contribution in [0, 0.1) is 5.82 Å². The van der Waals surface area contributed by atoms with Gasteiger partial charge in [-0.05, 0) is 65.9 Å². The van der Waals surface area contributed by atoms with E-state index in [4.69, 9.17) is 5.73 Å². The second-order valence-corrected chi connectivity index (χ2v) is 7.70. The summed E-state index contributed by atoms with van der Waals surface area (Å²) in [7, 11) is 0. The lowest BCUT2D eigenvalue weighted by Crippen LogP contribution is -2.27. The lowest BCUT2D eigenvalue weighted by Gasteiger charge is -2.22. The van der Waals surface area contributed by atoms with Gasteiger partial charge in [0.15, 0.2) is 0 Å². The summed E-state index contributed by atoms with van der Waals surface area (Å²) in [5.74, 6) is -0.521. The monoisotopic (exact) mass is 405 g/mol. The highest BCUT2D eigenvalue weighted by Crippen LogP contribution is 2.34. The number of carbonyl (C=O) groups excluding carboxylic acids is 1. The fourth-order valence-electron chi connectivity index (χ4n) is 3.36. The zero-order chi connectivity index (χ0) is 20.4. The van der Waals surface area contributed by atoms with Crippen molar-refractivity contribution in [1.29, 1.82) is 0 Å². The van der Waals surface area contributed by atoms with E-state index in [1.165, 1.54) is 17.1 Å². The van der Waals surface area contributed by atoms with Gasteiger partial charge in [-0.2, -0.15) is 5.10 Å². The van der Waals surface area contributed by atoms with Gasteiger partial charge in [-0.15, -0.1) is 11.8 Å². The minimum absolute atomic E-state index is 0.213. The van der Waals surface area contributed by atoms with Crippen LogP contribution in [0.3, 0.4) is 0 Å². The van der Waals surface area contributed by atoms with Crippen LogP contribution in [0.4, 0.5) is 10.1 Å². The Labute approximate surface area is 173 Å². The van der Waals surface area contributed by atoms with Crippen molar-refractivity contribution in [3.05, 3.63) is 95.3 Å². The Morgan fingerprint density at radius 2 is 1.69 bits per heavy atom. The number of rotatable bonds is 4. The number of benzene rings is 3. The molecule has 0 radical (unpaired) electrons. The molecular formula is C23H20FN3OS. The Balaban J connectivity index is 1.70. The number of carbonyl (C=O) groups is 1. The van der Waals surface area contributed by atoms with Crippen molar-refractivity contribution in [2.75, 3.05) is 12.0 Å².